The molecule has 0 aromatic rings. The average Bonchev–Trinajstić information content (AvgIpc) is 2.40. The summed E-state index contributed by atoms with van der Waals surface area (Å²) in [5, 5.41) is 0. The van der Waals surface area contributed by atoms with E-state index in [9.17, 15) is 8.42 Å². The molecule has 1 aliphatic heterocycles. The van der Waals surface area contributed by atoms with Crippen LogP contribution in [-0.2, 0) is 9.84 Å². The first-order valence-electron chi connectivity index (χ1n) is 7.07. The zero-order valence-corrected chi connectivity index (χ0v) is 12.6. The van der Waals surface area contributed by atoms with E-state index in [-0.39, 0.29) is 0 Å². The molecule has 1 fully saturated rings. The second-order valence-electron chi connectivity index (χ2n) is 5.82. The first-order chi connectivity index (χ1) is 8.39. The number of sulfone groups is 1. The first-order valence-corrected chi connectivity index (χ1v) is 8.89. The Labute approximate surface area is 112 Å². The van der Waals surface area contributed by atoms with Gasteiger partial charge in [-0.1, -0.05) is 13.3 Å². The highest BCUT2D eigenvalue weighted by molar-refractivity contribution is 7.91. The maximum Gasteiger partial charge on any atom is 0.151 e. The van der Waals surface area contributed by atoms with Crippen molar-refractivity contribution < 1.29 is 8.42 Å². The Morgan fingerprint density at radius 3 is 2.56 bits per heavy atom. The summed E-state index contributed by atoms with van der Waals surface area (Å²) >= 11 is 0. The van der Waals surface area contributed by atoms with Gasteiger partial charge in [0.15, 0.2) is 9.84 Å². The number of hydrogen-bond donors (Lipinski definition) is 1. The molecule has 2 N–H and O–H groups in total. The van der Waals surface area contributed by atoms with E-state index in [0.717, 1.165) is 25.9 Å². The van der Waals surface area contributed by atoms with Crippen LogP contribution >= 0.6 is 0 Å². The van der Waals surface area contributed by atoms with E-state index >= 15 is 0 Å². The van der Waals surface area contributed by atoms with E-state index in [1.54, 1.807) is 0 Å². The normalized spacial score (nSPS) is 24.4. The summed E-state index contributed by atoms with van der Waals surface area (Å²) in [6.07, 6.45) is 4.23. The third kappa shape index (κ3) is 6.71. The Bertz CT molecular complexity index is 328. The molecule has 1 aliphatic rings. The van der Waals surface area contributed by atoms with Gasteiger partial charge in [-0.05, 0) is 38.6 Å². The van der Waals surface area contributed by atoms with Crippen molar-refractivity contribution in [3.05, 3.63) is 0 Å². The van der Waals surface area contributed by atoms with Gasteiger partial charge in [0.2, 0.25) is 0 Å². The molecule has 1 rings (SSSR count). The Balaban J connectivity index is 2.25. The van der Waals surface area contributed by atoms with Gasteiger partial charge in [0.25, 0.3) is 0 Å². The van der Waals surface area contributed by atoms with Crippen molar-refractivity contribution in [2.24, 2.45) is 11.7 Å². The topological polar surface area (TPSA) is 63.4 Å². The maximum atomic E-state index is 11.5. The molecule has 18 heavy (non-hydrogen) atoms. The van der Waals surface area contributed by atoms with Crippen molar-refractivity contribution in [3.63, 3.8) is 0 Å². The van der Waals surface area contributed by atoms with Crippen LogP contribution in [0.25, 0.3) is 0 Å². The number of nitrogens with two attached hydrogens (primary N) is 1. The molecule has 0 amide bonds. The van der Waals surface area contributed by atoms with E-state index in [1.807, 2.05) is 6.92 Å². The molecule has 5 heteroatoms. The van der Waals surface area contributed by atoms with Crippen molar-refractivity contribution in [1.29, 1.82) is 0 Å². The minimum Gasteiger partial charge on any atom is -0.328 e. The van der Waals surface area contributed by atoms with Crippen LogP contribution in [0.5, 0.6) is 0 Å². The van der Waals surface area contributed by atoms with E-state index in [1.165, 1.54) is 12.8 Å². The van der Waals surface area contributed by atoms with Crippen LogP contribution in [0, 0.1) is 5.92 Å². The Morgan fingerprint density at radius 2 is 1.89 bits per heavy atom. The summed E-state index contributed by atoms with van der Waals surface area (Å²) in [5.41, 5.74) is 5.74. The van der Waals surface area contributed by atoms with Crippen LogP contribution in [-0.4, -0.2) is 50.5 Å². The number of hydrogen-bond acceptors (Lipinski definition) is 4. The molecular weight excluding hydrogens is 248 g/mol. The van der Waals surface area contributed by atoms with Gasteiger partial charge < -0.3 is 10.6 Å². The van der Waals surface area contributed by atoms with Crippen molar-refractivity contribution in [2.45, 2.75) is 45.6 Å². The molecular formula is C13H28N2O2S. The third-order valence-corrected chi connectivity index (χ3v) is 5.29. The molecule has 0 aromatic heterocycles. The summed E-state index contributed by atoms with van der Waals surface area (Å²) in [4.78, 5) is 2.31. The summed E-state index contributed by atoms with van der Waals surface area (Å²) in [6.45, 7) is 6.95. The highest BCUT2D eigenvalue weighted by Crippen LogP contribution is 2.13. The van der Waals surface area contributed by atoms with Crippen molar-refractivity contribution in [2.75, 3.05) is 31.1 Å². The summed E-state index contributed by atoms with van der Waals surface area (Å²) < 4.78 is 23.0. The lowest BCUT2D eigenvalue weighted by molar-refractivity contribution is 0.245. The Kier molecular flexibility index (Phi) is 6.60. The van der Waals surface area contributed by atoms with Crippen LogP contribution in [0.4, 0.5) is 0 Å². The standard InChI is InChI=1S/C13H28N2O2S/c1-12(5-3-6-13(2)14)11-15-7-4-9-18(16,17)10-8-15/h12-13H,3-11,14H2,1-2H3. The summed E-state index contributed by atoms with van der Waals surface area (Å²) in [5.74, 6) is 1.33. The van der Waals surface area contributed by atoms with Gasteiger partial charge in [-0.3, -0.25) is 0 Å². The van der Waals surface area contributed by atoms with Crippen LogP contribution in [0.1, 0.15) is 39.5 Å². The second kappa shape index (κ2) is 7.46. The van der Waals surface area contributed by atoms with Gasteiger partial charge in [-0.2, -0.15) is 0 Å². The van der Waals surface area contributed by atoms with Gasteiger partial charge in [0, 0.05) is 19.1 Å². The quantitative estimate of drug-likeness (QED) is 0.793. The lowest BCUT2D eigenvalue weighted by Crippen LogP contribution is -2.31. The van der Waals surface area contributed by atoms with Crippen LogP contribution < -0.4 is 5.73 Å². The highest BCUT2D eigenvalue weighted by atomic mass is 32.2. The second-order valence-corrected chi connectivity index (χ2v) is 8.12. The molecule has 0 radical (unpaired) electrons. The zero-order valence-electron chi connectivity index (χ0n) is 11.8. The summed E-state index contributed by atoms with van der Waals surface area (Å²) in [6, 6.07) is 0.292. The largest absolute Gasteiger partial charge is 0.328 e. The molecule has 0 aliphatic carbocycles. The van der Waals surface area contributed by atoms with E-state index in [0.29, 0.717) is 30.0 Å². The third-order valence-electron chi connectivity index (χ3n) is 3.57. The van der Waals surface area contributed by atoms with E-state index in [4.69, 9.17) is 5.73 Å². The van der Waals surface area contributed by atoms with Crippen molar-refractivity contribution >= 4 is 9.84 Å². The fraction of sp³-hybridized carbons (Fsp3) is 1.00. The van der Waals surface area contributed by atoms with E-state index in [2.05, 4.69) is 11.8 Å². The average molecular weight is 276 g/mol. The molecule has 0 spiro atoms. The minimum atomic E-state index is -2.77. The molecule has 0 aromatic carbocycles. The zero-order chi connectivity index (χ0) is 13.6. The van der Waals surface area contributed by atoms with Gasteiger partial charge in [0.1, 0.15) is 0 Å². The lowest BCUT2D eigenvalue weighted by Gasteiger charge is -2.23. The van der Waals surface area contributed by atoms with E-state index < -0.39 is 9.84 Å². The van der Waals surface area contributed by atoms with Gasteiger partial charge in [0.05, 0.1) is 11.5 Å². The fourth-order valence-electron chi connectivity index (χ4n) is 2.49. The highest BCUT2D eigenvalue weighted by Gasteiger charge is 2.20. The van der Waals surface area contributed by atoms with Crippen molar-refractivity contribution in [1.82, 2.24) is 4.90 Å². The predicted molar refractivity (Wildman–Crippen MR) is 76.4 cm³/mol. The smallest absolute Gasteiger partial charge is 0.151 e. The molecule has 0 saturated carbocycles. The Hall–Kier alpha value is -0.130. The maximum absolute atomic E-state index is 11.5. The molecule has 4 nitrogen and oxygen atoms in total. The lowest BCUT2D eigenvalue weighted by atomic mass is 10.0. The van der Waals surface area contributed by atoms with Gasteiger partial charge in [-0.25, -0.2) is 8.42 Å². The Morgan fingerprint density at radius 1 is 1.17 bits per heavy atom. The van der Waals surface area contributed by atoms with Gasteiger partial charge >= 0.3 is 0 Å². The molecule has 1 saturated heterocycles. The predicted octanol–water partition coefficient (Wildman–Crippen LogP) is 1.26. The minimum absolute atomic E-state index is 0.292. The molecule has 1 heterocycles. The molecule has 2 unspecified atom stereocenters. The first kappa shape index (κ1) is 15.9. The van der Waals surface area contributed by atoms with Crippen LogP contribution in [0.2, 0.25) is 0 Å². The molecule has 108 valence electrons. The van der Waals surface area contributed by atoms with Crippen LogP contribution in [0.15, 0.2) is 0 Å². The van der Waals surface area contributed by atoms with Crippen molar-refractivity contribution in [3.8, 4) is 0 Å². The van der Waals surface area contributed by atoms with Crippen LogP contribution in [0.3, 0.4) is 0 Å². The number of rotatable bonds is 6. The monoisotopic (exact) mass is 276 g/mol. The molecule has 0 bridgehead atoms. The SMILES string of the molecule is CC(N)CCCC(C)CN1CCCS(=O)(=O)CC1. The fourth-order valence-corrected chi connectivity index (χ4v) is 3.80. The molecule has 2 atom stereocenters. The summed E-state index contributed by atoms with van der Waals surface area (Å²) in [7, 11) is -2.77. The van der Waals surface area contributed by atoms with Gasteiger partial charge in [-0.15, -0.1) is 0 Å². The number of nitrogens with zero attached hydrogens (tertiary/aromatic N) is 1.